The summed E-state index contributed by atoms with van der Waals surface area (Å²) in [5.74, 6) is -0.796. The fourth-order valence-electron chi connectivity index (χ4n) is 2.37. The van der Waals surface area contributed by atoms with Gasteiger partial charge in [-0.3, -0.25) is 19.1 Å². The maximum atomic E-state index is 12.6. The third kappa shape index (κ3) is 1.99. The van der Waals surface area contributed by atoms with Crippen LogP contribution in [0.3, 0.4) is 0 Å². The maximum Gasteiger partial charge on any atom is 0.270 e. The van der Waals surface area contributed by atoms with E-state index >= 15 is 0 Å². The Morgan fingerprint density at radius 2 is 1.90 bits per heavy atom. The zero-order valence-electron chi connectivity index (χ0n) is 11.3. The predicted molar refractivity (Wildman–Crippen MR) is 79.0 cm³/mol. The van der Waals surface area contributed by atoms with Crippen molar-refractivity contribution in [1.29, 1.82) is 0 Å². The molecule has 0 fully saturated rings. The van der Waals surface area contributed by atoms with Crippen molar-refractivity contribution < 1.29 is 9.90 Å². The van der Waals surface area contributed by atoms with Gasteiger partial charge in [0, 0.05) is 18.1 Å². The lowest BCUT2D eigenvalue weighted by Crippen LogP contribution is -2.25. The number of rotatable bonds is 2. The first-order chi connectivity index (χ1) is 10.1. The average molecular weight is 280 g/mol. The SMILES string of the molecule is CC(=O)c1c(O)c2cnccc2n(-c2ccccc2)c1=O. The molecule has 0 aliphatic rings. The molecule has 0 bridgehead atoms. The number of aromatic nitrogens is 2. The molecule has 5 heteroatoms. The molecule has 2 heterocycles. The van der Waals surface area contributed by atoms with E-state index in [-0.39, 0.29) is 11.3 Å². The fraction of sp³-hybridized carbons (Fsp3) is 0.0625. The van der Waals surface area contributed by atoms with Gasteiger partial charge in [0.05, 0.1) is 10.9 Å². The van der Waals surface area contributed by atoms with E-state index in [4.69, 9.17) is 0 Å². The third-order valence-electron chi connectivity index (χ3n) is 3.31. The second-order valence-corrected chi connectivity index (χ2v) is 4.65. The van der Waals surface area contributed by atoms with Gasteiger partial charge in [0.25, 0.3) is 5.56 Å². The Morgan fingerprint density at radius 1 is 1.19 bits per heavy atom. The van der Waals surface area contributed by atoms with Gasteiger partial charge in [-0.05, 0) is 25.1 Å². The highest BCUT2D eigenvalue weighted by molar-refractivity contribution is 6.02. The van der Waals surface area contributed by atoms with E-state index in [1.165, 1.54) is 23.9 Å². The Balaban J connectivity index is 2.55. The Kier molecular flexibility index (Phi) is 3.02. The Hall–Kier alpha value is -2.95. The standard InChI is InChI=1S/C16H12N2O3/c1-10(19)14-15(20)12-9-17-8-7-13(12)18(16(14)21)11-5-3-2-4-6-11/h2-9,20H,1H3. The van der Waals surface area contributed by atoms with Crippen molar-refractivity contribution in [3.8, 4) is 11.4 Å². The number of hydrogen-bond donors (Lipinski definition) is 1. The van der Waals surface area contributed by atoms with E-state index in [1.807, 2.05) is 6.07 Å². The van der Waals surface area contributed by atoms with Crippen molar-refractivity contribution in [1.82, 2.24) is 9.55 Å². The van der Waals surface area contributed by atoms with Crippen LogP contribution in [-0.2, 0) is 0 Å². The fourth-order valence-corrected chi connectivity index (χ4v) is 2.37. The minimum atomic E-state index is -0.537. The molecule has 0 unspecified atom stereocenters. The van der Waals surface area contributed by atoms with Crippen LogP contribution in [0.25, 0.3) is 16.6 Å². The summed E-state index contributed by atoms with van der Waals surface area (Å²) < 4.78 is 1.41. The molecule has 3 rings (SSSR count). The second-order valence-electron chi connectivity index (χ2n) is 4.65. The summed E-state index contributed by atoms with van der Waals surface area (Å²) in [7, 11) is 0. The molecule has 3 aromatic rings. The zero-order valence-corrected chi connectivity index (χ0v) is 11.3. The van der Waals surface area contributed by atoms with Crippen molar-refractivity contribution in [3.63, 3.8) is 0 Å². The molecule has 5 nitrogen and oxygen atoms in total. The highest BCUT2D eigenvalue weighted by Crippen LogP contribution is 2.27. The van der Waals surface area contributed by atoms with Gasteiger partial charge in [-0.15, -0.1) is 0 Å². The van der Waals surface area contributed by atoms with Gasteiger partial charge in [0.2, 0.25) is 0 Å². The van der Waals surface area contributed by atoms with Gasteiger partial charge in [0.15, 0.2) is 5.78 Å². The summed E-state index contributed by atoms with van der Waals surface area (Å²) in [5.41, 5.74) is 0.370. The van der Waals surface area contributed by atoms with E-state index in [1.54, 1.807) is 30.3 Å². The van der Waals surface area contributed by atoms with Crippen molar-refractivity contribution in [3.05, 3.63) is 64.7 Å². The lowest BCUT2D eigenvalue weighted by Gasteiger charge is -2.13. The molecular formula is C16H12N2O3. The van der Waals surface area contributed by atoms with Crippen LogP contribution in [0.2, 0.25) is 0 Å². The summed E-state index contributed by atoms with van der Waals surface area (Å²) in [6.07, 6.45) is 2.98. The first-order valence-electron chi connectivity index (χ1n) is 6.39. The number of nitrogens with zero attached hydrogens (tertiary/aromatic N) is 2. The Bertz CT molecular complexity index is 899. The van der Waals surface area contributed by atoms with Crippen LogP contribution >= 0.6 is 0 Å². The lowest BCUT2D eigenvalue weighted by atomic mass is 10.1. The number of aromatic hydroxyl groups is 1. The van der Waals surface area contributed by atoms with Crippen molar-refractivity contribution in [2.45, 2.75) is 6.92 Å². The first kappa shape index (κ1) is 13.1. The summed E-state index contributed by atoms with van der Waals surface area (Å²) in [5, 5.41) is 10.6. The third-order valence-corrected chi connectivity index (χ3v) is 3.31. The van der Waals surface area contributed by atoms with Gasteiger partial charge < -0.3 is 5.11 Å². The molecule has 0 aliphatic heterocycles. The van der Waals surface area contributed by atoms with Crippen molar-refractivity contribution >= 4 is 16.7 Å². The highest BCUT2D eigenvalue weighted by atomic mass is 16.3. The van der Waals surface area contributed by atoms with Crippen LogP contribution in [-0.4, -0.2) is 20.4 Å². The van der Waals surface area contributed by atoms with Gasteiger partial charge in [0.1, 0.15) is 11.3 Å². The van der Waals surface area contributed by atoms with Crippen LogP contribution in [0.5, 0.6) is 5.75 Å². The predicted octanol–water partition coefficient (Wildman–Crippen LogP) is 2.29. The molecule has 21 heavy (non-hydrogen) atoms. The summed E-state index contributed by atoms with van der Waals surface area (Å²) in [6.45, 7) is 1.26. The number of ketones is 1. The lowest BCUT2D eigenvalue weighted by molar-refractivity contribution is 0.101. The molecular weight excluding hydrogens is 268 g/mol. The number of carbonyl (C=O) groups is 1. The molecule has 2 aromatic heterocycles. The van der Waals surface area contributed by atoms with Crippen molar-refractivity contribution in [2.75, 3.05) is 0 Å². The minimum absolute atomic E-state index is 0.223. The van der Waals surface area contributed by atoms with E-state index in [9.17, 15) is 14.7 Å². The number of Topliss-reactive ketones (excluding diaryl/α,β-unsaturated/α-hetero) is 1. The largest absolute Gasteiger partial charge is 0.506 e. The molecule has 0 amide bonds. The molecule has 0 atom stereocenters. The van der Waals surface area contributed by atoms with Crippen LogP contribution < -0.4 is 5.56 Å². The summed E-state index contributed by atoms with van der Waals surface area (Å²) >= 11 is 0. The number of carbonyl (C=O) groups excluding carboxylic acids is 1. The van der Waals surface area contributed by atoms with Crippen LogP contribution in [0.1, 0.15) is 17.3 Å². The van der Waals surface area contributed by atoms with Crippen molar-refractivity contribution in [2.24, 2.45) is 0 Å². The molecule has 0 radical (unpaired) electrons. The number of para-hydroxylation sites is 1. The van der Waals surface area contributed by atoms with Gasteiger partial charge in [-0.1, -0.05) is 18.2 Å². The number of fused-ring (bicyclic) bond motifs is 1. The number of benzene rings is 1. The summed E-state index contributed by atoms with van der Waals surface area (Å²) in [4.78, 5) is 28.3. The second kappa shape index (κ2) is 4.86. The van der Waals surface area contributed by atoms with E-state index < -0.39 is 11.3 Å². The normalized spacial score (nSPS) is 10.7. The van der Waals surface area contributed by atoms with Crippen LogP contribution in [0.15, 0.2) is 53.6 Å². The monoisotopic (exact) mass is 280 g/mol. The Morgan fingerprint density at radius 3 is 2.57 bits per heavy atom. The Labute approximate surface area is 120 Å². The molecule has 104 valence electrons. The van der Waals surface area contributed by atoms with Crippen LogP contribution in [0.4, 0.5) is 0 Å². The average Bonchev–Trinajstić information content (AvgIpc) is 2.48. The molecule has 0 aliphatic carbocycles. The number of pyridine rings is 2. The number of hydrogen-bond acceptors (Lipinski definition) is 4. The van der Waals surface area contributed by atoms with E-state index in [0.29, 0.717) is 16.6 Å². The van der Waals surface area contributed by atoms with Crippen LogP contribution in [0, 0.1) is 0 Å². The molecule has 0 spiro atoms. The first-order valence-corrected chi connectivity index (χ1v) is 6.39. The van der Waals surface area contributed by atoms with Gasteiger partial charge >= 0.3 is 0 Å². The topological polar surface area (TPSA) is 72.2 Å². The van der Waals surface area contributed by atoms with Gasteiger partial charge in [-0.2, -0.15) is 0 Å². The van der Waals surface area contributed by atoms with E-state index in [2.05, 4.69) is 4.98 Å². The minimum Gasteiger partial charge on any atom is -0.506 e. The zero-order chi connectivity index (χ0) is 15.0. The molecule has 1 aromatic carbocycles. The quantitative estimate of drug-likeness (QED) is 0.731. The maximum absolute atomic E-state index is 12.6. The molecule has 1 N–H and O–H groups in total. The smallest absolute Gasteiger partial charge is 0.270 e. The highest BCUT2D eigenvalue weighted by Gasteiger charge is 2.20. The molecule has 0 saturated heterocycles. The van der Waals surface area contributed by atoms with E-state index in [0.717, 1.165) is 0 Å². The van der Waals surface area contributed by atoms with Gasteiger partial charge in [-0.25, -0.2) is 0 Å². The summed E-state index contributed by atoms with van der Waals surface area (Å²) in [6, 6.07) is 10.6. The molecule has 0 saturated carbocycles.